The average Bonchev–Trinajstić information content (AvgIpc) is 3.12. The van der Waals surface area contributed by atoms with E-state index in [1.165, 1.54) is 0 Å². The molecule has 0 aliphatic carbocycles. The Bertz CT molecular complexity index is 908. The second kappa shape index (κ2) is 6.91. The van der Waals surface area contributed by atoms with Crippen LogP contribution in [0.1, 0.15) is 5.56 Å². The second-order valence-corrected chi connectivity index (χ2v) is 5.26. The number of nitro benzene ring substituents is 1. The maximum absolute atomic E-state index is 13.7. The van der Waals surface area contributed by atoms with Crippen molar-refractivity contribution in [2.24, 2.45) is 0 Å². The van der Waals surface area contributed by atoms with E-state index in [1.807, 2.05) is 12.1 Å². The quantitative estimate of drug-likeness (QED) is 0.571. The predicted molar refractivity (Wildman–Crippen MR) is 89.0 cm³/mol. The molecule has 1 N–H and O–H groups in total. The van der Waals surface area contributed by atoms with E-state index in [1.54, 1.807) is 35.3 Å². The number of amides is 1. The number of anilines is 1. The van der Waals surface area contributed by atoms with E-state index in [4.69, 9.17) is 0 Å². The van der Waals surface area contributed by atoms with E-state index in [0.717, 1.165) is 29.4 Å². The van der Waals surface area contributed by atoms with Gasteiger partial charge in [-0.1, -0.05) is 12.1 Å². The lowest BCUT2D eigenvalue weighted by Gasteiger charge is -2.07. The van der Waals surface area contributed by atoms with Gasteiger partial charge in [-0.25, -0.2) is 9.07 Å². The minimum absolute atomic E-state index is 0.0154. The molecule has 0 unspecified atom stereocenters. The summed E-state index contributed by atoms with van der Waals surface area (Å²) in [6.07, 6.45) is 3.48. The van der Waals surface area contributed by atoms with E-state index < -0.39 is 16.6 Å². The molecule has 3 aromatic rings. The highest BCUT2D eigenvalue weighted by atomic mass is 19.1. The minimum atomic E-state index is -0.729. The summed E-state index contributed by atoms with van der Waals surface area (Å²) in [4.78, 5) is 22.1. The first-order valence-corrected chi connectivity index (χ1v) is 7.36. The van der Waals surface area contributed by atoms with Gasteiger partial charge in [-0.05, 0) is 29.8 Å². The van der Waals surface area contributed by atoms with Crippen molar-refractivity contribution in [3.8, 4) is 5.69 Å². The maximum atomic E-state index is 13.7. The first-order valence-electron chi connectivity index (χ1n) is 7.36. The zero-order chi connectivity index (χ0) is 17.8. The number of nitrogens with zero attached hydrogens (tertiary/aromatic N) is 3. The zero-order valence-corrected chi connectivity index (χ0v) is 12.9. The molecule has 1 aromatic heterocycles. The SMILES string of the molecule is O=C(Cc1ccc(-n2cccn2)cc1)Nc1cc([N+](=O)[O-])ccc1F. The largest absolute Gasteiger partial charge is 0.323 e. The fourth-order valence-electron chi connectivity index (χ4n) is 2.29. The third kappa shape index (κ3) is 3.86. The lowest BCUT2D eigenvalue weighted by Crippen LogP contribution is -2.15. The van der Waals surface area contributed by atoms with Crippen LogP contribution in [0.5, 0.6) is 0 Å². The second-order valence-electron chi connectivity index (χ2n) is 5.26. The van der Waals surface area contributed by atoms with Crippen LogP contribution >= 0.6 is 0 Å². The Morgan fingerprint density at radius 3 is 2.64 bits per heavy atom. The normalized spacial score (nSPS) is 10.4. The summed E-state index contributed by atoms with van der Waals surface area (Å²) in [6.45, 7) is 0. The van der Waals surface area contributed by atoms with Crippen molar-refractivity contribution in [3.05, 3.63) is 82.4 Å². The monoisotopic (exact) mass is 340 g/mol. The summed E-state index contributed by atoms with van der Waals surface area (Å²) in [5, 5.41) is 17.2. The van der Waals surface area contributed by atoms with Crippen molar-refractivity contribution in [1.29, 1.82) is 0 Å². The fraction of sp³-hybridized carbons (Fsp3) is 0.0588. The fourth-order valence-corrected chi connectivity index (χ4v) is 2.29. The average molecular weight is 340 g/mol. The van der Waals surface area contributed by atoms with Crippen LogP contribution in [0, 0.1) is 15.9 Å². The molecule has 1 heterocycles. The highest BCUT2D eigenvalue weighted by Gasteiger charge is 2.13. The Morgan fingerprint density at radius 2 is 2.00 bits per heavy atom. The van der Waals surface area contributed by atoms with Gasteiger partial charge in [-0.2, -0.15) is 5.10 Å². The first kappa shape index (κ1) is 16.3. The smallest absolute Gasteiger partial charge is 0.271 e. The molecule has 1 amide bonds. The standard InChI is InChI=1S/C17H13FN4O3/c18-15-7-6-14(22(24)25)11-16(15)20-17(23)10-12-2-4-13(5-3-12)21-9-1-8-19-21/h1-9,11H,10H2,(H,20,23). The lowest BCUT2D eigenvalue weighted by molar-refractivity contribution is -0.384. The molecule has 0 aliphatic heterocycles. The molecular formula is C17H13FN4O3. The van der Waals surface area contributed by atoms with Crippen molar-refractivity contribution >= 4 is 17.3 Å². The summed E-state index contributed by atoms with van der Waals surface area (Å²) in [6, 6.07) is 11.9. The third-order valence-corrected chi connectivity index (χ3v) is 3.50. The minimum Gasteiger partial charge on any atom is -0.323 e. The summed E-state index contributed by atoms with van der Waals surface area (Å²) < 4.78 is 15.4. The van der Waals surface area contributed by atoms with Gasteiger partial charge in [0.1, 0.15) is 5.82 Å². The molecule has 0 atom stereocenters. The van der Waals surface area contributed by atoms with Crippen LogP contribution < -0.4 is 5.32 Å². The highest BCUT2D eigenvalue weighted by Crippen LogP contribution is 2.21. The van der Waals surface area contributed by atoms with Gasteiger partial charge in [0, 0.05) is 24.5 Å². The molecule has 0 saturated carbocycles. The predicted octanol–water partition coefficient (Wildman–Crippen LogP) is 3.10. The van der Waals surface area contributed by atoms with Gasteiger partial charge in [0.2, 0.25) is 5.91 Å². The van der Waals surface area contributed by atoms with Crippen molar-refractivity contribution in [2.75, 3.05) is 5.32 Å². The summed E-state index contributed by atoms with van der Waals surface area (Å²) in [5.74, 6) is -1.20. The van der Waals surface area contributed by atoms with Gasteiger partial charge in [-0.3, -0.25) is 14.9 Å². The van der Waals surface area contributed by atoms with E-state index in [9.17, 15) is 19.3 Å². The third-order valence-electron chi connectivity index (χ3n) is 3.50. The topological polar surface area (TPSA) is 90.1 Å². The summed E-state index contributed by atoms with van der Waals surface area (Å²) in [5.41, 5.74) is 1.06. The number of nitrogens with one attached hydrogen (secondary N) is 1. The van der Waals surface area contributed by atoms with E-state index in [-0.39, 0.29) is 17.8 Å². The Hall–Kier alpha value is -3.55. The molecule has 0 spiro atoms. The Kier molecular flexibility index (Phi) is 4.51. The van der Waals surface area contributed by atoms with Crippen LogP contribution in [0.3, 0.4) is 0 Å². The first-order chi connectivity index (χ1) is 12.0. The van der Waals surface area contributed by atoms with Crippen molar-refractivity contribution < 1.29 is 14.1 Å². The molecule has 0 aliphatic rings. The van der Waals surface area contributed by atoms with Crippen LogP contribution in [-0.2, 0) is 11.2 Å². The van der Waals surface area contributed by atoms with Crippen LogP contribution in [-0.4, -0.2) is 20.6 Å². The number of aromatic nitrogens is 2. The number of carbonyl (C=O) groups excluding carboxylic acids is 1. The Labute approximate surface area is 141 Å². The van der Waals surface area contributed by atoms with Crippen molar-refractivity contribution in [1.82, 2.24) is 9.78 Å². The number of rotatable bonds is 5. The van der Waals surface area contributed by atoms with Gasteiger partial charge in [0.25, 0.3) is 5.69 Å². The molecule has 126 valence electrons. The molecule has 3 rings (SSSR count). The van der Waals surface area contributed by atoms with E-state index >= 15 is 0 Å². The number of hydrogen-bond donors (Lipinski definition) is 1. The Balaban J connectivity index is 1.68. The number of benzene rings is 2. The molecule has 0 radical (unpaired) electrons. The lowest BCUT2D eigenvalue weighted by atomic mass is 10.1. The van der Waals surface area contributed by atoms with Gasteiger partial charge >= 0.3 is 0 Å². The van der Waals surface area contributed by atoms with E-state index in [0.29, 0.717) is 0 Å². The molecule has 2 aromatic carbocycles. The Morgan fingerprint density at radius 1 is 1.24 bits per heavy atom. The zero-order valence-electron chi connectivity index (χ0n) is 12.9. The molecule has 0 bridgehead atoms. The molecule has 0 fully saturated rings. The molecule has 7 nitrogen and oxygen atoms in total. The highest BCUT2D eigenvalue weighted by molar-refractivity contribution is 5.92. The maximum Gasteiger partial charge on any atom is 0.271 e. The van der Waals surface area contributed by atoms with Gasteiger partial charge < -0.3 is 5.32 Å². The number of non-ortho nitro benzene ring substituents is 1. The van der Waals surface area contributed by atoms with Gasteiger partial charge in [-0.15, -0.1) is 0 Å². The van der Waals surface area contributed by atoms with Crippen molar-refractivity contribution in [2.45, 2.75) is 6.42 Å². The molecular weight excluding hydrogens is 327 g/mol. The van der Waals surface area contributed by atoms with Crippen molar-refractivity contribution in [3.63, 3.8) is 0 Å². The molecule has 8 heteroatoms. The van der Waals surface area contributed by atoms with Crippen LogP contribution in [0.15, 0.2) is 60.9 Å². The van der Waals surface area contributed by atoms with Crippen LogP contribution in [0.25, 0.3) is 5.69 Å². The number of carbonyl (C=O) groups is 1. The van der Waals surface area contributed by atoms with E-state index in [2.05, 4.69) is 10.4 Å². The van der Waals surface area contributed by atoms with Crippen LogP contribution in [0.2, 0.25) is 0 Å². The molecule has 25 heavy (non-hydrogen) atoms. The molecule has 0 saturated heterocycles. The number of hydrogen-bond acceptors (Lipinski definition) is 4. The van der Waals surface area contributed by atoms with Crippen LogP contribution in [0.4, 0.5) is 15.8 Å². The summed E-state index contributed by atoms with van der Waals surface area (Å²) in [7, 11) is 0. The number of halogens is 1. The van der Waals surface area contributed by atoms with Gasteiger partial charge in [0.05, 0.1) is 22.7 Å². The summed E-state index contributed by atoms with van der Waals surface area (Å²) >= 11 is 0. The number of nitro groups is 1. The van der Waals surface area contributed by atoms with Gasteiger partial charge in [0.15, 0.2) is 0 Å².